The van der Waals surface area contributed by atoms with Crippen molar-refractivity contribution in [2.45, 2.75) is 18.8 Å². The number of carbonyl (C=O) groups excluding carboxylic acids is 1. The van der Waals surface area contributed by atoms with E-state index in [-0.39, 0.29) is 17.9 Å². The van der Waals surface area contributed by atoms with E-state index in [0.29, 0.717) is 11.1 Å². The first-order valence-corrected chi connectivity index (χ1v) is 9.19. The number of carbonyl (C=O) groups is 1. The molecule has 0 radical (unpaired) electrons. The zero-order chi connectivity index (χ0) is 22.3. The highest BCUT2D eigenvalue weighted by atomic mass is 16.6. The average molecular weight is 405 g/mol. The summed E-state index contributed by atoms with van der Waals surface area (Å²) in [6.45, 7) is 1.77. The Balaban J connectivity index is 2.66. The fourth-order valence-corrected chi connectivity index (χ4v) is 3.17. The summed E-state index contributed by atoms with van der Waals surface area (Å²) in [6.07, 6.45) is 0. The Hall–Kier alpha value is -3.95. The summed E-state index contributed by atoms with van der Waals surface area (Å²) >= 11 is 0. The first-order chi connectivity index (χ1) is 14.3. The molecule has 2 rings (SSSR count). The Kier molecular flexibility index (Phi) is 7.45. The number of allylic oxidation sites excluding steroid dienone is 1. The summed E-state index contributed by atoms with van der Waals surface area (Å²) in [7, 11) is 3.76. The van der Waals surface area contributed by atoms with Gasteiger partial charge in [-0.25, -0.2) is 0 Å². The Morgan fingerprint density at radius 1 is 1.13 bits per heavy atom. The van der Waals surface area contributed by atoms with Gasteiger partial charge in [0.2, 0.25) is 0 Å². The normalized spacial score (nSPS) is 12.1. The smallest absolute Gasteiger partial charge is 0.314 e. The van der Waals surface area contributed by atoms with E-state index in [4.69, 9.17) is 4.74 Å². The number of hydrogen-bond donors (Lipinski definition) is 0. The largest absolute Gasteiger partial charge is 0.762 e. The molecule has 0 aliphatic carbocycles. The van der Waals surface area contributed by atoms with Crippen LogP contribution in [0.15, 0.2) is 54.1 Å². The lowest BCUT2D eigenvalue weighted by Crippen LogP contribution is -2.24. The van der Waals surface area contributed by atoms with Crippen LogP contribution in [0, 0.1) is 21.4 Å². The van der Waals surface area contributed by atoms with Crippen molar-refractivity contribution >= 4 is 23.2 Å². The molecule has 0 amide bonds. The molecule has 0 aliphatic rings. The van der Waals surface area contributed by atoms with Gasteiger partial charge in [0, 0.05) is 37.8 Å². The molecule has 8 nitrogen and oxygen atoms in total. The predicted octanol–water partition coefficient (Wildman–Crippen LogP) is 3.78. The molecule has 0 aromatic heterocycles. The van der Waals surface area contributed by atoms with E-state index >= 15 is 0 Å². The van der Waals surface area contributed by atoms with Crippen LogP contribution < -0.4 is 4.90 Å². The molecule has 0 saturated carbocycles. The minimum atomic E-state index is -1.01. The molecule has 0 bridgehead atoms. The first-order valence-electron chi connectivity index (χ1n) is 9.19. The number of ether oxygens (including phenoxy) is 1. The number of nitro groups is 1. The first kappa shape index (κ1) is 22.3. The van der Waals surface area contributed by atoms with Crippen molar-refractivity contribution in [1.29, 1.82) is 5.26 Å². The van der Waals surface area contributed by atoms with Crippen LogP contribution in [-0.2, 0) is 9.53 Å². The fraction of sp³-hybridized carbons (Fsp3) is 0.273. The van der Waals surface area contributed by atoms with E-state index in [9.17, 15) is 25.6 Å². The van der Waals surface area contributed by atoms with Crippen molar-refractivity contribution in [3.63, 3.8) is 0 Å². The maximum absolute atomic E-state index is 12.9. The van der Waals surface area contributed by atoms with Crippen LogP contribution in [-0.4, -0.2) is 37.5 Å². The lowest BCUT2D eigenvalue weighted by Gasteiger charge is -2.26. The lowest BCUT2D eigenvalue weighted by atomic mass is 9.77. The number of nitriles is 1. The molecule has 0 spiro atoms. The average Bonchev–Trinajstić information content (AvgIpc) is 2.74. The highest BCUT2D eigenvalue weighted by Gasteiger charge is 2.35. The summed E-state index contributed by atoms with van der Waals surface area (Å²) in [4.78, 5) is 25.2. The van der Waals surface area contributed by atoms with E-state index in [1.54, 1.807) is 19.1 Å². The van der Waals surface area contributed by atoms with E-state index in [1.165, 1.54) is 24.3 Å². The Labute approximate surface area is 174 Å². The molecular formula is C22H21N4O4-. The van der Waals surface area contributed by atoms with Crippen LogP contribution in [0.4, 0.5) is 11.4 Å². The molecule has 0 N–H and O–H groups in total. The van der Waals surface area contributed by atoms with Gasteiger partial charge in [-0.15, -0.1) is 0 Å². The Bertz CT molecular complexity index is 1000. The molecule has 2 atom stereocenters. The molecule has 0 fully saturated rings. The fourth-order valence-electron chi connectivity index (χ4n) is 3.17. The highest BCUT2D eigenvalue weighted by molar-refractivity contribution is 5.83. The van der Waals surface area contributed by atoms with E-state index < -0.39 is 22.7 Å². The molecule has 8 heteroatoms. The minimum Gasteiger partial charge on any atom is -0.762 e. The summed E-state index contributed by atoms with van der Waals surface area (Å²) in [5.74, 6) is -0.622. The van der Waals surface area contributed by atoms with Crippen molar-refractivity contribution in [3.8, 4) is 6.07 Å². The maximum Gasteiger partial charge on any atom is 0.314 e. The number of rotatable bonds is 8. The molecule has 2 unspecified atom stereocenters. The van der Waals surface area contributed by atoms with Gasteiger partial charge in [-0.1, -0.05) is 24.3 Å². The van der Waals surface area contributed by atoms with Crippen molar-refractivity contribution < 1.29 is 14.5 Å². The van der Waals surface area contributed by atoms with Crippen molar-refractivity contribution in [1.82, 2.24) is 0 Å². The van der Waals surface area contributed by atoms with Gasteiger partial charge in [-0.05, 0) is 30.2 Å². The summed E-state index contributed by atoms with van der Waals surface area (Å²) < 4.78 is 5.23. The van der Waals surface area contributed by atoms with Gasteiger partial charge in [0.05, 0.1) is 23.0 Å². The Morgan fingerprint density at radius 2 is 1.67 bits per heavy atom. The second kappa shape index (κ2) is 10.0. The number of benzene rings is 2. The molecule has 0 heterocycles. The summed E-state index contributed by atoms with van der Waals surface area (Å²) in [5.41, 5.74) is 1.65. The second-order valence-corrected chi connectivity index (χ2v) is 6.68. The third kappa shape index (κ3) is 4.90. The van der Waals surface area contributed by atoms with Crippen LogP contribution in [0.1, 0.15) is 29.9 Å². The number of nitro benzene ring substituents is 1. The maximum atomic E-state index is 12.9. The molecular weight excluding hydrogens is 384 g/mol. The summed E-state index contributed by atoms with van der Waals surface area (Å²) in [6, 6.07) is 14.5. The van der Waals surface area contributed by atoms with Crippen LogP contribution in [0.2, 0.25) is 0 Å². The molecule has 30 heavy (non-hydrogen) atoms. The van der Waals surface area contributed by atoms with Crippen LogP contribution >= 0.6 is 0 Å². The molecule has 0 saturated heterocycles. The second-order valence-electron chi connectivity index (χ2n) is 6.68. The third-order valence-electron chi connectivity index (χ3n) is 4.66. The van der Waals surface area contributed by atoms with Gasteiger partial charge in [-0.2, -0.15) is 5.26 Å². The third-order valence-corrected chi connectivity index (χ3v) is 4.66. The number of nitrogens with zero attached hydrogens (tertiary/aromatic N) is 4. The molecule has 0 aliphatic heterocycles. The monoisotopic (exact) mass is 405 g/mol. The quantitative estimate of drug-likeness (QED) is 0.217. The van der Waals surface area contributed by atoms with Crippen LogP contribution in [0.5, 0.6) is 0 Å². The van der Waals surface area contributed by atoms with Crippen molar-refractivity contribution in [3.05, 3.63) is 80.8 Å². The zero-order valence-electron chi connectivity index (χ0n) is 16.9. The number of hydrogen-bond acceptors (Lipinski definition) is 6. The van der Waals surface area contributed by atoms with E-state index in [2.05, 4.69) is 0 Å². The van der Waals surface area contributed by atoms with Gasteiger partial charge >= 0.3 is 5.97 Å². The standard InChI is InChI=1S/C22H21N4O4/c1-4-30-22(27)21(16-7-11-19(12-8-16)26(28)29)20(17(13-23)14-24)15-5-9-18(10-6-15)25(2)3/h5-12,20-21H,4H2,1-3H3/q-1. The number of anilines is 1. The Morgan fingerprint density at radius 3 is 2.10 bits per heavy atom. The lowest BCUT2D eigenvalue weighted by molar-refractivity contribution is -0.384. The van der Waals surface area contributed by atoms with Crippen LogP contribution in [0.25, 0.3) is 5.41 Å². The predicted molar refractivity (Wildman–Crippen MR) is 113 cm³/mol. The molecule has 154 valence electrons. The minimum absolute atomic E-state index is 0.114. The molecule has 2 aromatic carbocycles. The highest BCUT2D eigenvalue weighted by Crippen LogP contribution is 2.39. The van der Waals surface area contributed by atoms with Crippen molar-refractivity contribution in [2.75, 3.05) is 25.6 Å². The zero-order valence-corrected chi connectivity index (χ0v) is 16.9. The van der Waals surface area contributed by atoms with Gasteiger partial charge in [0.15, 0.2) is 0 Å². The summed E-state index contributed by atoms with van der Waals surface area (Å²) in [5, 5.41) is 30.1. The van der Waals surface area contributed by atoms with E-state index in [0.717, 1.165) is 5.69 Å². The van der Waals surface area contributed by atoms with Gasteiger partial charge in [-0.3, -0.25) is 20.8 Å². The number of non-ortho nitro benzene ring substituents is 1. The van der Waals surface area contributed by atoms with Gasteiger partial charge in [0.25, 0.3) is 5.69 Å². The number of esters is 1. The van der Waals surface area contributed by atoms with Crippen molar-refractivity contribution in [2.24, 2.45) is 0 Å². The SMILES string of the molecule is CCOC(=O)C(c1ccc([N+](=O)[O-])cc1)C(C(=C=[N-])C#N)c1ccc(N(C)C)cc1. The molecule has 2 aromatic rings. The van der Waals surface area contributed by atoms with E-state index in [1.807, 2.05) is 43.1 Å². The van der Waals surface area contributed by atoms with Crippen LogP contribution in [0.3, 0.4) is 0 Å². The van der Waals surface area contributed by atoms with Gasteiger partial charge in [0.1, 0.15) is 6.07 Å². The van der Waals surface area contributed by atoms with Gasteiger partial charge < -0.3 is 15.0 Å². The topological polar surface area (TPSA) is 119 Å².